The molecule has 0 atom stereocenters. The van der Waals surface area contributed by atoms with E-state index in [-0.39, 0.29) is 6.03 Å². The molecule has 1 aromatic carbocycles. The second-order valence-electron chi connectivity index (χ2n) is 4.97. The number of amides is 2. The van der Waals surface area contributed by atoms with Crippen molar-refractivity contribution < 1.29 is 9.21 Å². The number of urea groups is 1. The summed E-state index contributed by atoms with van der Waals surface area (Å²) >= 11 is 1.64. The van der Waals surface area contributed by atoms with Crippen molar-refractivity contribution in [2.24, 2.45) is 0 Å². The molecule has 0 saturated carbocycles. The number of carbonyl (C=O) groups excluding carboxylic acids is 1. The normalized spacial score (nSPS) is 10.4. The van der Waals surface area contributed by atoms with E-state index in [9.17, 15) is 4.79 Å². The third-order valence-corrected chi connectivity index (χ3v) is 4.27. The average Bonchev–Trinajstić information content (AvgIpc) is 3.01. The number of aryl methyl sites for hydroxylation is 1. The van der Waals surface area contributed by atoms with Gasteiger partial charge in [0, 0.05) is 27.9 Å². The Labute approximate surface area is 143 Å². The highest BCUT2D eigenvalue weighted by Gasteiger charge is 2.06. The number of rotatable bonds is 5. The number of hydrogen-bond acceptors (Lipinski definition) is 5. The summed E-state index contributed by atoms with van der Waals surface area (Å²) < 4.78 is 5.09. The van der Waals surface area contributed by atoms with Crippen molar-refractivity contribution >= 4 is 23.5 Å². The number of oxazole rings is 1. The summed E-state index contributed by atoms with van der Waals surface area (Å²) in [5.41, 5.74) is 1.44. The maximum absolute atomic E-state index is 11.9. The summed E-state index contributed by atoms with van der Waals surface area (Å²) in [6, 6.07) is 11.3. The molecule has 2 aromatic heterocycles. The van der Waals surface area contributed by atoms with Crippen LogP contribution in [-0.2, 0) is 6.54 Å². The Morgan fingerprint density at radius 2 is 1.83 bits per heavy atom. The third-order valence-electron chi connectivity index (χ3n) is 3.26. The minimum Gasteiger partial charge on any atom is -0.448 e. The monoisotopic (exact) mass is 340 g/mol. The Hall–Kier alpha value is -2.80. The van der Waals surface area contributed by atoms with Crippen molar-refractivity contribution in [1.29, 1.82) is 0 Å². The molecule has 0 unspecified atom stereocenters. The topological polar surface area (TPSA) is 80.0 Å². The lowest BCUT2D eigenvalue weighted by Gasteiger charge is -2.08. The number of anilines is 1. The molecular formula is C17H16N4O2S. The molecule has 0 bridgehead atoms. The van der Waals surface area contributed by atoms with Crippen LogP contribution in [0.4, 0.5) is 10.5 Å². The number of nitrogens with zero attached hydrogens (tertiary/aromatic N) is 2. The SMILES string of the molecule is Cc1ocnc1CNC(=O)Nc1ccc(Sc2ccncc2)cc1. The molecule has 0 fully saturated rings. The fourth-order valence-electron chi connectivity index (χ4n) is 1.99. The molecule has 0 aliphatic carbocycles. The molecule has 0 aliphatic rings. The van der Waals surface area contributed by atoms with Gasteiger partial charge in [0.1, 0.15) is 11.5 Å². The van der Waals surface area contributed by atoms with E-state index in [4.69, 9.17) is 4.42 Å². The van der Waals surface area contributed by atoms with Gasteiger partial charge in [0.15, 0.2) is 6.39 Å². The molecule has 6 nitrogen and oxygen atoms in total. The highest BCUT2D eigenvalue weighted by molar-refractivity contribution is 7.99. The van der Waals surface area contributed by atoms with Crippen molar-refractivity contribution in [3.63, 3.8) is 0 Å². The van der Waals surface area contributed by atoms with Crippen LogP contribution in [0.2, 0.25) is 0 Å². The van der Waals surface area contributed by atoms with E-state index in [0.29, 0.717) is 18.0 Å². The predicted octanol–water partition coefficient (Wildman–Crippen LogP) is 3.85. The number of aromatic nitrogens is 2. The number of hydrogen-bond donors (Lipinski definition) is 2. The van der Waals surface area contributed by atoms with E-state index in [1.807, 2.05) is 36.4 Å². The van der Waals surface area contributed by atoms with Crippen LogP contribution in [0.15, 0.2) is 69.4 Å². The zero-order chi connectivity index (χ0) is 16.8. The van der Waals surface area contributed by atoms with E-state index < -0.39 is 0 Å². The van der Waals surface area contributed by atoms with Crippen LogP contribution in [-0.4, -0.2) is 16.0 Å². The van der Waals surface area contributed by atoms with Gasteiger partial charge >= 0.3 is 6.03 Å². The van der Waals surface area contributed by atoms with Gasteiger partial charge in [-0.15, -0.1) is 0 Å². The summed E-state index contributed by atoms with van der Waals surface area (Å²) in [7, 11) is 0. The summed E-state index contributed by atoms with van der Waals surface area (Å²) in [5.74, 6) is 0.702. The summed E-state index contributed by atoms with van der Waals surface area (Å²) in [6.07, 6.45) is 4.89. The highest BCUT2D eigenvalue weighted by atomic mass is 32.2. The number of nitrogens with one attached hydrogen (secondary N) is 2. The van der Waals surface area contributed by atoms with Crippen LogP contribution in [0.3, 0.4) is 0 Å². The maximum Gasteiger partial charge on any atom is 0.319 e. The van der Waals surface area contributed by atoms with Crippen molar-refractivity contribution in [3.8, 4) is 0 Å². The van der Waals surface area contributed by atoms with Crippen molar-refractivity contribution in [2.45, 2.75) is 23.3 Å². The molecule has 0 aliphatic heterocycles. The zero-order valence-electron chi connectivity index (χ0n) is 13.0. The van der Waals surface area contributed by atoms with Gasteiger partial charge in [-0.2, -0.15) is 0 Å². The first-order chi connectivity index (χ1) is 11.7. The van der Waals surface area contributed by atoms with Crippen LogP contribution >= 0.6 is 11.8 Å². The van der Waals surface area contributed by atoms with E-state index >= 15 is 0 Å². The van der Waals surface area contributed by atoms with E-state index in [2.05, 4.69) is 20.6 Å². The van der Waals surface area contributed by atoms with Crippen LogP contribution in [0.5, 0.6) is 0 Å². The second kappa shape index (κ2) is 7.65. The number of pyridine rings is 1. The molecule has 2 amide bonds. The van der Waals surface area contributed by atoms with Gasteiger partial charge in [0.05, 0.1) is 6.54 Å². The fourth-order valence-corrected chi connectivity index (χ4v) is 2.79. The lowest BCUT2D eigenvalue weighted by atomic mass is 10.3. The van der Waals surface area contributed by atoms with Crippen LogP contribution in [0.25, 0.3) is 0 Å². The molecule has 0 saturated heterocycles. The highest BCUT2D eigenvalue weighted by Crippen LogP contribution is 2.27. The smallest absolute Gasteiger partial charge is 0.319 e. The quantitative estimate of drug-likeness (QED) is 0.737. The molecule has 2 N–H and O–H groups in total. The molecule has 2 heterocycles. The lowest BCUT2D eigenvalue weighted by molar-refractivity contribution is 0.251. The first-order valence-corrected chi connectivity index (χ1v) is 8.14. The van der Waals surface area contributed by atoms with Crippen molar-refractivity contribution in [1.82, 2.24) is 15.3 Å². The van der Waals surface area contributed by atoms with E-state index in [1.54, 1.807) is 31.1 Å². The fraction of sp³-hybridized carbons (Fsp3) is 0.118. The largest absolute Gasteiger partial charge is 0.448 e. The Morgan fingerprint density at radius 1 is 1.12 bits per heavy atom. The molecule has 0 spiro atoms. The van der Waals surface area contributed by atoms with Gasteiger partial charge in [-0.3, -0.25) is 4.98 Å². The van der Waals surface area contributed by atoms with Gasteiger partial charge in [-0.05, 0) is 43.3 Å². The first kappa shape index (κ1) is 16.1. The van der Waals surface area contributed by atoms with Crippen LogP contribution in [0, 0.1) is 6.92 Å². The third kappa shape index (κ3) is 4.36. The summed E-state index contributed by atoms with van der Waals surface area (Å²) in [5, 5.41) is 5.53. The van der Waals surface area contributed by atoms with Gasteiger partial charge in [0.2, 0.25) is 0 Å². The molecular weight excluding hydrogens is 324 g/mol. The Balaban J connectivity index is 1.52. The number of benzene rings is 1. The predicted molar refractivity (Wildman–Crippen MR) is 91.9 cm³/mol. The standard InChI is InChI=1S/C17H16N4O2S/c1-12-16(20-11-23-12)10-19-17(22)21-13-2-4-14(5-3-13)24-15-6-8-18-9-7-15/h2-9,11H,10H2,1H3,(H2,19,21,22). The molecule has 24 heavy (non-hydrogen) atoms. The van der Waals surface area contributed by atoms with Crippen molar-refractivity contribution in [3.05, 3.63) is 66.6 Å². The Kier molecular flexibility index (Phi) is 5.12. The summed E-state index contributed by atoms with van der Waals surface area (Å²) in [4.78, 5) is 22.1. The van der Waals surface area contributed by atoms with Crippen molar-refractivity contribution in [2.75, 3.05) is 5.32 Å². The average molecular weight is 340 g/mol. The molecule has 3 aromatic rings. The molecule has 0 radical (unpaired) electrons. The van der Waals surface area contributed by atoms with E-state index in [1.165, 1.54) is 6.39 Å². The van der Waals surface area contributed by atoms with Gasteiger partial charge in [0.25, 0.3) is 0 Å². The number of carbonyl (C=O) groups is 1. The first-order valence-electron chi connectivity index (χ1n) is 7.32. The van der Waals surface area contributed by atoms with Gasteiger partial charge < -0.3 is 15.1 Å². The van der Waals surface area contributed by atoms with Crippen LogP contribution in [0.1, 0.15) is 11.5 Å². The van der Waals surface area contributed by atoms with Gasteiger partial charge in [-0.1, -0.05) is 11.8 Å². The molecule has 3 rings (SSSR count). The van der Waals surface area contributed by atoms with Gasteiger partial charge in [-0.25, -0.2) is 9.78 Å². The zero-order valence-corrected chi connectivity index (χ0v) is 13.8. The Morgan fingerprint density at radius 3 is 2.50 bits per heavy atom. The molecule has 122 valence electrons. The van der Waals surface area contributed by atoms with Crippen LogP contribution < -0.4 is 10.6 Å². The van der Waals surface area contributed by atoms with E-state index in [0.717, 1.165) is 15.5 Å². The maximum atomic E-state index is 11.9. The molecule has 7 heteroatoms. The minimum atomic E-state index is -0.285. The second-order valence-corrected chi connectivity index (χ2v) is 6.12. The lowest BCUT2D eigenvalue weighted by Crippen LogP contribution is -2.28. The Bertz CT molecular complexity index is 803. The summed E-state index contributed by atoms with van der Waals surface area (Å²) in [6.45, 7) is 2.13. The minimum absolute atomic E-state index is 0.285.